The van der Waals surface area contributed by atoms with Gasteiger partial charge in [0.25, 0.3) is 0 Å². The van der Waals surface area contributed by atoms with Gasteiger partial charge in [-0.3, -0.25) is 0 Å². The van der Waals surface area contributed by atoms with Crippen molar-refractivity contribution in [2.75, 3.05) is 5.33 Å². The van der Waals surface area contributed by atoms with Gasteiger partial charge in [0.2, 0.25) is 0 Å². The highest BCUT2D eigenvalue weighted by Crippen LogP contribution is 2.18. The van der Waals surface area contributed by atoms with Crippen LogP contribution in [0.5, 0.6) is 0 Å². The third-order valence-electron chi connectivity index (χ3n) is 2.14. The van der Waals surface area contributed by atoms with E-state index in [0.717, 1.165) is 5.33 Å². The van der Waals surface area contributed by atoms with E-state index in [1.165, 1.54) is 11.6 Å². The normalized spacial score (nSPS) is 12.2. The van der Waals surface area contributed by atoms with Crippen LogP contribution >= 0.6 is 15.9 Å². The molecule has 0 N–H and O–H groups in total. The first kappa shape index (κ1) is 11.4. The molecule has 0 unspecified atom stereocenters. The van der Waals surface area contributed by atoms with E-state index in [4.69, 9.17) is 0 Å². The highest BCUT2D eigenvalue weighted by Gasteiger charge is 2.03. The van der Waals surface area contributed by atoms with Gasteiger partial charge < -0.3 is 0 Å². The minimum atomic E-state index is -0.161. The SMILES string of the molecule is CC(C)/C(=C/c1ccccc1F)CBr. The molecular formula is C12H14BrF. The largest absolute Gasteiger partial charge is 0.206 e. The van der Waals surface area contributed by atoms with Crippen LogP contribution < -0.4 is 0 Å². The summed E-state index contributed by atoms with van der Waals surface area (Å²) in [5.74, 6) is 0.278. The molecule has 76 valence electrons. The molecule has 0 saturated heterocycles. The molecule has 0 nitrogen and oxygen atoms in total. The second-order valence-corrected chi connectivity index (χ2v) is 4.09. The molecule has 0 aliphatic heterocycles. The summed E-state index contributed by atoms with van der Waals surface area (Å²) in [5, 5.41) is 0.791. The maximum atomic E-state index is 13.3. The van der Waals surface area contributed by atoms with Crippen LogP contribution in [0, 0.1) is 11.7 Å². The molecule has 0 aromatic heterocycles. The Bertz CT molecular complexity index is 329. The Kier molecular flexibility index (Phi) is 4.33. The van der Waals surface area contributed by atoms with Crippen LogP contribution in [0.4, 0.5) is 4.39 Å². The van der Waals surface area contributed by atoms with Crippen molar-refractivity contribution in [3.63, 3.8) is 0 Å². The lowest BCUT2D eigenvalue weighted by atomic mass is 10.0. The molecular weight excluding hydrogens is 243 g/mol. The molecule has 2 heteroatoms. The molecule has 0 aliphatic rings. The zero-order valence-corrected chi connectivity index (χ0v) is 10.0. The summed E-state index contributed by atoms with van der Waals surface area (Å²) in [7, 11) is 0. The Morgan fingerprint density at radius 3 is 2.57 bits per heavy atom. The van der Waals surface area contributed by atoms with Crippen molar-refractivity contribution in [3.05, 3.63) is 41.2 Å². The Balaban J connectivity index is 3.00. The van der Waals surface area contributed by atoms with Crippen LogP contribution in [0.2, 0.25) is 0 Å². The lowest BCUT2D eigenvalue weighted by Crippen LogP contribution is -1.95. The van der Waals surface area contributed by atoms with E-state index in [9.17, 15) is 4.39 Å². The van der Waals surface area contributed by atoms with Crippen LogP contribution in [0.3, 0.4) is 0 Å². The van der Waals surface area contributed by atoms with Gasteiger partial charge in [0.15, 0.2) is 0 Å². The molecule has 0 atom stereocenters. The van der Waals surface area contributed by atoms with Crippen LogP contribution in [0.1, 0.15) is 19.4 Å². The highest BCUT2D eigenvalue weighted by molar-refractivity contribution is 9.09. The third-order valence-corrected chi connectivity index (χ3v) is 2.79. The van der Waals surface area contributed by atoms with Gasteiger partial charge in [0, 0.05) is 10.9 Å². The van der Waals surface area contributed by atoms with Crippen molar-refractivity contribution in [1.82, 2.24) is 0 Å². The van der Waals surface area contributed by atoms with Crippen molar-refractivity contribution >= 4 is 22.0 Å². The summed E-state index contributed by atoms with van der Waals surface area (Å²) >= 11 is 3.41. The fourth-order valence-corrected chi connectivity index (χ4v) is 1.96. The molecule has 0 fully saturated rings. The van der Waals surface area contributed by atoms with Crippen molar-refractivity contribution in [1.29, 1.82) is 0 Å². The Morgan fingerprint density at radius 1 is 1.43 bits per heavy atom. The van der Waals surface area contributed by atoms with Crippen LogP contribution in [0.25, 0.3) is 6.08 Å². The minimum absolute atomic E-state index is 0.161. The second-order valence-electron chi connectivity index (χ2n) is 3.53. The third kappa shape index (κ3) is 2.95. The standard InChI is InChI=1S/C12H14BrF/c1-9(2)11(8-13)7-10-5-3-4-6-12(10)14/h3-7,9H,8H2,1-2H3/b11-7+. The van der Waals surface area contributed by atoms with Gasteiger partial charge in [-0.15, -0.1) is 0 Å². The van der Waals surface area contributed by atoms with Crippen molar-refractivity contribution < 1.29 is 4.39 Å². The van der Waals surface area contributed by atoms with Gasteiger partial charge in [-0.25, -0.2) is 4.39 Å². The lowest BCUT2D eigenvalue weighted by molar-refractivity contribution is 0.624. The first-order valence-corrected chi connectivity index (χ1v) is 5.78. The van der Waals surface area contributed by atoms with Gasteiger partial charge in [-0.2, -0.15) is 0 Å². The fraction of sp³-hybridized carbons (Fsp3) is 0.333. The van der Waals surface area contributed by atoms with Crippen LogP contribution in [-0.4, -0.2) is 5.33 Å². The highest BCUT2D eigenvalue weighted by atomic mass is 79.9. The van der Waals surface area contributed by atoms with Gasteiger partial charge in [-0.1, -0.05) is 59.6 Å². The Labute approximate surface area is 93.0 Å². The molecule has 14 heavy (non-hydrogen) atoms. The monoisotopic (exact) mass is 256 g/mol. The zero-order valence-electron chi connectivity index (χ0n) is 8.43. The minimum Gasteiger partial charge on any atom is -0.206 e. The Hall–Kier alpha value is -0.630. The molecule has 0 radical (unpaired) electrons. The average Bonchev–Trinajstić information content (AvgIpc) is 2.16. The van der Waals surface area contributed by atoms with E-state index in [2.05, 4.69) is 29.8 Å². The van der Waals surface area contributed by atoms with Crippen molar-refractivity contribution in [2.45, 2.75) is 13.8 Å². The van der Waals surface area contributed by atoms with Crippen LogP contribution in [-0.2, 0) is 0 Å². The Morgan fingerprint density at radius 2 is 2.07 bits per heavy atom. The predicted molar refractivity (Wildman–Crippen MR) is 63.0 cm³/mol. The number of hydrogen-bond donors (Lipinski definition) is 0. The number of rotatable bonds is 3. The average molecular weight is 257 g/mol. The first-order valence-electron chi connectivity index (χ1n) is 4.66. The van der Waals surface area contributed by atoms with Crippen molar-refractivity contribution in [2.24, 2.45) is 5.92 Å². The van der Waals surface area contributed by atoms with E-state index < -0.39 is 0 Å². The van der Waals surface area contributed by atoms with Gasteiger partial charge in [0.1, 0.15) is 5.82 Å². The quantitative estimate of drug-likeness (QED) is 0.710. The summed E-state index contributed by atoms with van der Waals surface area (Å²) in [4.78, 5) is 0. The number of halogens is 2. The molecule has 0 spiro atoms. The summed E-state index contributed by atoms with van der Waals surface area (Å²) in [6.45, 7) is 4.21. The van der Waals surface area contributed by atoms with Gasteiger partial charge >= 0.3 is 0 Å². The topological polar surface area (TPSA) is 0 Å². The summed E-state index contributed by atoms with van der Waals surface area (Å²) in [6.07, 6.45) is 1.91. The maximum absolute atomic E-state index is 13.3. The lowest BCUT2D eigenvalue weighted by Gasteiger charge is -2.07. The number of allylic oxidation sites excluding steroid dienone is 1. The molecule has 0 bridgehead atoms. The molecule has 0 heterocycles. The zero-order chi connectivity index (χ0) is 10.6. The van der Waals surface area contributed by atoms with Gasteiger partial charge in [-0.05, 0) is 12.0 Å². The number of hydrogen-bond acceptors (Lipinski definition) is 0. The molecule has 1 rings (SSSR count). The summed E-state index contributed by atoms with van der Waals surface area (Å²) < 4.78 is 13.3. The molecule has 1 aromatic rings. The van der Waals surface area contributed by atoms with E-state index in [-0.39, 0.29) is 5.82 Å². The smallest absolute Gasteiger partial charge is 0.130 e. The fourth-order valence-electron chi connectivity index (χ4n) is 1.15. The van der Waals surface area contributed by atoms with Crippen LogP contribution in [0.15, 0.2) is 29.8 Å². The van der Waals surface area contributed by atoms with E-state index >= 15 is 0 Å². The van der Waals surface area contributed by atoms with E-state index in [0.29, 0.717) is 11.5 Å². The predicted octanol–water partition coefficient (Wildman–Crippen LogP) is 4.26. The summed E-state index contributed by atoms with van der Waals surface area (Å²) in [5.41, 5.74) is 1.87. The van der Waals surface area contributed by atoms with E-state index in [1.807, 2.05) is 12.1 Å². The molecule has 0 amide bonds. The maximum Gasteiger partial charge on any atom is 0.130 e. The van der Waals surface area contributed by atoms with Gasteiger partial charge in [0.05, 0.1) is 0 Å². The number of benzene rings is 1. The molecule has 0 saturated carbocycles. The molecule has 0 aliphatic carbocycles. The van der Waals surface area contributed by atoms with E-state index in [1.54, 1.807) is 12.1 Å². The second kappa shape index (κ2) is 5.30. The number of alkyl halides is 1. The summed E-state index contributed by atoms with van der Waals surface area (Å²) in [6, 6.07) is 6.83. The molecule has 1 aromatic carbocycles. The first-order chi connectivity index (χ1) is 6.65. The van der Waals surface area contributed by atoms with Crippen molar-refractivity contribution in [3.8, 4) is 0 Å².